The van der Waals surface area contributed by atoms with Gasteiger partial charge in [0.2, 0.25) is 0 Å². The van der Waals surface area contributed by atoms with Crippen molar-refractivity contribution in [3.63, 3.8) is 0 Å². The summed E-state index contributed by atoms with van der Waals surface area (Å²) in [5, 5.41) is 42.0. The smallest absolute Gasteiger partial charge is 0.330 e. The largest absolute Gasteiger partial charge is 0.478 e. The summed E-state index contributed by atoms with van der Waals surface area (Å²) in [6, 6.07) is 0. The maximum Gasteiger partial charge on any atom is 0.330 e. The fourth-order valence-electron chi connectivity index (χ4n) is 0.843. The Bertz CT molecular complexity index is 358. The second-order valence-electron chi connectivity index (χ2n) is 3.97. The Balaban J connectivity index is 0. The Kier molecular flexibility index (Phi) is 12.7. The van der Waals surface area contributed by atoms with Crippen LogP contribution in [-0.4, -0.2) is 56.8 Å². The summed E-state index contributed by atoms with van der Waals surface area (Å²) < 4.78 is 0. The minimum atomic E-state index is -1.00. The number of carboxylic acids is 2. The van der Waals surface area contributed by atoms with E-state index in [1.165, 1.54) is 26.0 Å². The molecule has 1 atom stereocenters. The molecule has 0 amide bonds. The van der Waals surface area contributed by atoms with E-state index in [0.717, 1.165) is 0 Å². The number of aliphatic carboxylic acids is 2. The molecule has 0 radical (unpaired) electrons. The van der Waals surface area contributed by atoms with Crippen molar-refractivity contribution in [1.82, 2.24) is 0 Å². The second kappa shape index (κ2) is 12.3. The molecule has 0 aromatic rings. The molecule has 0 aromatic carbocycles. The molecule has 0 saturated heterocycles. The van der Waals surface area contributed by atoms with Crippen LogP contribution in [-0.2, 0) is 9.59 Å². The van der Waals surface area contributed by atoms with E-state index in [4.69, 9.17) is 25.5 Å². The van der Waals surface area contributed by atoms with Crippen molar-refractivity contribution < 1.29 is 35.1 Å². The first-order valence-electron chi connectivity index (χ1n) is 5.96. The highest BCUT2D eigenvalue weighted by atomic mass is 16.4. The van der Waals surface area contributed by atoms with Crippen molar-refractivity contribution in [2.45, 2.75) is 32.8 Å². The quantitative estimate of drug-likeness (QED) is 0.421. The molecule has 1 unspecified atom stereocenters. The Morgan fingerprint density at radius 1 is 1.00 bits per heavy atom. The summed E-state index contributed by atoms with van der Waals surface area (Å²) in [5.41, 5.74) is 0.460. The highest BCUT2D eigenvalue weighted by Gasteiger charge is 2.02. The van der Waals surface area contributed by atoms with Gasteiger partial charge in [0.15, 0.2) is 0 Å². The summed E-state index contributed by atoms with van der Waals surface area (Å²) >= 11 is 0. The van der Waals surface area contributed by atoms with Crippen LogP contribution in [0.15, 0.2) is 23.3 Å². The fraction of sp³-hybridized carbons (Fsp3) is 0.538. The SMILES string of the molecule is C/C(=C\CC(O)CO)C(=O)O.C/C(=C\CCO)C(=O)O. The lowest BCUT2D eigenvalue weighted by molar-refractivity contribution is -0.133. The third kappa shape index (κ3) is 12.7. The molecule has 0 heterocycles. The Hall–Kier alpha value is -1.70. The molecule has 0 rings (SSSR count). The number of carboxylic acid groups (broad SMARTS) is 2. The number of hydrogen-bond acceptors (Lipinski definition) is 5. The van der Waals surface area contributed by atoms with Crippen LogP contribution in [0.2, 0.25) is 0 Å². The van der Waals surface area contributed by atoms with Gasteiger partial charge in [-0.3, -0.25) is 0 Å². The van der Waals surface area contributed by atoms with Crippen LogP contribution in [0, 0.1) is 0 Å². The van der Waals surface area contributed by atoms with Crippen LogP contribution in [0.25, 0.3) is 0 Å². The molecule has 0 saturated carbocycles. The molecule has 0 aliphatic rings. The van der Waals surface area contributed by atoms with Crippen LogP contribution in [0.1, 0.15) is 26.7 Å². The zero-order valence-electron chi connectivity index (χ0n) is 11.6. The maximum absolute atomic E-state index is 10.2. The third-order valence-corrected chi connectivity index (χ3v) is 2.16. The topological polar surface area (TPSA) is 135 Å². The predicted molar refractivity (Wildman–Crippen MR) is 72.2 cm³/mol. The van der Waals surface area contributed by atoms with Crippen LogP contribution >= 0.6 is 0 Å². The zero-order chi connectivity index (χ0) is 16.1. The Labute approximate surface area is 117 Å². The van der Waals surface area contributed by atoms with Gasteiger partial charge in [-0.1, -0.05) is 12.2 Å². The number of aliphatic hydroxyl groups excluding tert-OH is 3. The van der Waals surface area contributed by atoms with Gasteiger partial charge in [0.25, 0.3) is 0 Å². The van der Waals surface area contributed by atoms with Crippen molar-refractivity contribution in [2.75, 3.05) is 13.2 Å². The van der Waals surface area contributed by atoms with E-state index >= 15 is 0 Å². The van der Waals surface area contributed by atoms with Gasteiger partial charge in [0, 0.05) is 17.8 Å². The summed E-state index contributed by atoms with van der Waals surface area (Å²) in [6.45, 7) is 2.60. The van der Waals surface area contributed by atoms with E-state index in [9.17, 15) is 9.59 Å². The first-order valence-corrected chi connectivity index (χ1v) is 5.96. The van der Waals surface area contributed by atoms with Crippen molar-refractivity contribution in [3.05, 3.63) is 23.3 Å². The van der Waals surface area contributed by atoms with E-state index < -0.39 is 18.0 Å². The normalized spacial score (nSPS) is 13.2. The van der Waals surface area contributed by atoms with Gasteiger partial charge in [-0.15, -0.1) is 0 Å². The molecule has 5 N–H and O–H groups in total. The van der Waals surface area contributed by atoms with Crippen LogP contribution in [0.5, 0.6) is 0 Å². The summed E-state index contributed by atoms with van der Waals surface area (Å²) in [5.74, 6) is -1.93. The summed E-state index contributed by atoms with van der Waals surface area (Å²) in [4.78, 5) is 20.2. The number of rotatable bonds is 7. The summed E-state index contributed by atoms with van der Waals surface area (Å²) in [7, 11) is 0. The minimum Gasteiger partial charge on any atom is -0.478 e. The lowest BCUT2D eigenvalue weighted by Crippen LogP contribution is -2.10. The average Bonchev–Trinajstić information content (AvgIpc) is 2.41. The first kappa shape index (κ1) is 20.6. The predicted octanol–water partition coefficient (Wildman–Crippen LogP) is 0.160. The van der Waals surface area contributed by atoms with E-state index in [-0.39, 0.29) is 30.8 Å². The van der Waals surface area contributed by atoms with E-state index in [2.05, 4.69) is 0 Å². The molecule has 7 heteroatoms. The van der Waals surface area contributed by atoms with Gasteiger partial charge in [-0.25, -0.2) is 9.59 Å². The number of hydrogen-bond donors (Lipinski definition) is 5. The zero-order valence-corrected chi connectivity index (χ0v) is 11.6. The molecule has 0 aliphatic carbocycles. The van der Waals surface area contributed by atoms with Crippen molar-refractivity contribution in [3.8, 4) is 0 Å². The number of carbonyl (C=O) groups is 2. The summed E-state index contributed by atoms with van der Waals surface area (Å²) in [6.07, 6.45) is 2.60. The molecular weight excluding hydrogens is 268 g/mol. The highest BCUT2D eigenvalue weighted by molar-refractivity contribution is 5.86. The Morgan fingerprint density at radius 3 is 1.80 bits per heavy atom. The van der Waals surface area contributed by atoms with Gasteiger partial charge >= 0.3 is 11.9 Å². The second-order valence-corrected chi connectivity index (χ2v) is 3.97. The van der Waals surface area contributed by atoms with E-state index in [1.807, 2.05) is 0 Å². The van der Waals surface area contributed by atoms with Gasteiger partial charge in [0.05, 0.1) is 12.7 Å². The molecule has 0 aliphatic heterocycles. The van der Waals surface area contributed by atoms with Crippen molar-refractivity contribution >= 4 is 11.9 Å². The molecule has 0 aromatic heterocycles. The standard InChI is InChI=1S/C7H12O4.C6H10O3/c1-5(7(10)11)2-3-6(9)4-8;1-5(6(8)9)3-2-4-7/h2,6,8-9H,3-4H2,1H3,(H,10,11);3,7H,2,4H2,1H3,(H,8,9)/b5-2+;5-3+. The van der Waals surface area contributed by atoms with E-state index in [1.54, 1.807) is 0 Å². The minimum absolute atomic E-state index is 0.00458. The van der Waals surface area contributed by atoms with Crippen LogP contribution in [0.4, 0.5) is 0 Å². The van der Waals surface area contributed by atoms with Gasteiger partial charge in [-0.05, 0) is 26.7 Å². The fourth-order valence-corrected chi connectivity index (χ4v) is 0.843. The molecular formula is C13H22O7. The number of aliphatic hydroxyl groups is 3. The van der Waals surface area contributed by atoms with Crippen LogP contribution < -0.4 is 0 Å². The highest BCUT2D eigenvalue weighted by Crippen LogP contribution is 1.98. The molecule has 0 spiro atoms. The van der Waals surface area contributed by atoms with Gasteiger partial charge in [0.1, 0.15) is 0 Å². The first-order chi connectivity index (χ1) is 9.26. The van der Waals surface area contributed by atoms with Gasteiger partial charge in [-0.2, -0.15) is 0 Å². The third-order valence-electron chi connectivity index (χ3n) is 2.16. The van der Waals surface area contributed by atoms with Crippen LogP contribution in [0.3, 0.4) is 0 Å². The monoisotopic (exact) mass is 290 g/mol. The average molecular weight is 290 g/mol. The molecule has 20 heavy (non-hydrogen) atoms. The lowest BCUT2D eigenvalue weighted by atomic mass is 10.2. The van der Waals surface area contributed by atoms with Crippen molar-refractivity contribution in [2.24, 2.45) is 0 Å². The molecule has 0 bridgehead atoms. The molecule has 116 valence electrons. The molecule has 7 nitrogen and oxygen atoms in total. The Morgan fingerprint density at radius 2 is 1.45 bits per heavy atom. The maximum atomic E-state index is 10.2. The van der Waals surface area contributed by atoms with Crippen molar-refractivity contribution in [1.29, 1.82) is 0 Å². The molecule has 0 fully saturated rings. The lowest BCUT2D eigenvalue weighted by Gasteiger charge is -2.01. The van der Waals surface area contributed by atoms with Gasteiger partial charge < -0.3 is 25.5 Å². The van der Waals surface area contributed by atoms with E-state index in [0.29, 0.717) is 6.42 Å².